The molecule has 0 atom stereocenters. The smallest absolute Gasteiger partial charge is 0.123 e. The fourth-order valence-electron chi connectivity index (χ4n) is 2.79. The standard InChI is InChI=1S/C13H16FNO/c14-11-1-2-12-10(7-11)8-13(9-15-12)3-5-16-6-4-13/h1-2,7,15H,3-6,8-9H2. The molecule has 86 valence electrons. The second-order valence-electron chi connectivity index (χ2n) is 4.94. The lowest BCUT2D eigenvalue weighted by Gasteiger charge is -2.41. The summed E-state index contributed by atoms with van der Waals surface area (Å²) in [4.78, 5) is 0. The van der Waals surface area contributed by atoms with Gasteiger partial charge in [-0.1, -0.05) is 0 Å². The monoisotopic (exact) mass is 221 g/mol. The molecule has 0 radical (unpaired) electrons. The van der Waals surface area contributed by atoms with Gasteiger partial charge in [-0.2, -0.15) is 0 Å². The summed E-state index contributed by atoms with van der Waals surface area (Å²) in [6.45, 7) is 2.67. The SMILES string of the molecule is Fc1ccc2c(c1)CC1(CCOCC1)CN2. The van der Waals surface area contributed by atoms with E-state index in [1.807, 2.05) is 6.07 Å². The Hall–Kier alpha value is -1.09. The van der Waals surface area contributed by atoms with Gasteiger partial charge in [0.2, 0.25) is 0 Å². The number of hydrogen-bond donors (Lipinski definition) is 1. The Kier molecular flexibility index (Phi) is 2.36. The molecular weight excluding hydrogens is 205 g/mol. The minimum atomic E-state index is -0.135. The second kappa shape index (κ2) is 3.74. The van der Waals surface area contributed by atoms with Crippen LogP contribution in [-0.2, 0) is 11.2 Å². The lowest BCUT2D eigenvalue weighted by Crippen LogP contribution is -2.40. The summed E-state index contributed by atoms with van der Waals surface area (Å²) in [6, 6.07) is 5.03. The van der Waals surface area contributed by atoms with E-state index in [-0.39, 0.29) is 5.82 Å². The Balaban J connectivity index is 1.89. The van der Waals surface area contributed by atoms with E-state index in [0.717, 1.165) is 50.3 Å². The van der Waals surface area contributed by atoms with Crippen molar-refractivity contribution in [3.8, 4) is 0 Å². The van der Waals surface area contributed by atoms with Crippen molar-refractivity contribution in [2.45, 2.75) is 19.3 Å². The number of benzene rings is 1. The average molecular weight is 221 g/mol. The lowest BCUT2D eigenvalue weighted by molar-refractivity contribution is 0.0198. The first-order chi connectivity index (χ1) is 7.77. The summed E-state index contributed by atoms with van der Waals surface area (Å²) in [6.07, 6.45) is 3.14. The maximum atomic E-state index is 13.2. The van der Waals surface area contributed by atoms with Crippen LogP contribution in [0.25, 0.3) is 0 Å². The molecule has 3 heteroatoms. The molecule has 0 amide bonds. The molecule has 1 N–H and O–H groups in total. The van der Waals surface area contributed by atoms with E-state index in [1.165, 1.54) is 6.07 Å². The highest BCUT2D eigenvalue weighted by Gasteiger charge is 2.36. The quantitative estimate of drug-likeness (QED) is 0.727. The summed E-state index contributed by atoms with van der Waals surface area (Å²) >= 11 is 0. The van der Waals surface area contributed by atoms with Crippen LogP contribution < -0.4 is 5.32 Å². The van der Waals surface area contributed by atoms with Gasteiger partial charge < -0.3 is 10.1 Å². The zero-order valence-electron chi connectivity index (χ0n) is 9.26. The van der Waals surface area contributed by atoms with Gasteiger partial charge in [0, 0.05) is 25.4 Å². The van der Waals surface area contributed by atoms with E-state index < -0.39 is 0 Å². The molecule has 0 unspecified atom stereocenters. The van der Waals surface area contributed by atoms with Gasteiger partial charge in [-0.05, 0) is 48.4 Å². The third-order valence-corrected chi connectivity index (χ3v) is 3.84. The van der Waals surface area contributed by atoms with Gasteiger partial charge in [-0.25, -0.2) is 4.39 Å². The molecule has 1 aromatic carbocycles. The molecule has 3 rings (SSSR count). The first-order valence-corrected chi connectivity index (χ1v) is 5.88. The molecule has 1 saturated heterocycles. The Morgan fingerprint density at radius 1 is 1.25 bits per heavy atom. The number of hydrogen-bond acceptors (Lipinski definition) is 2. The molecule has 0 aromatic heterocycles. The zero-order valence-corrected chi connectivity index (χ0v) is 9.26. The highest BCUT2D eigenvalue weighted by molar-refractivity contribution is 5.54. The van der Waals surface area contributed by atoms with Crippen LogP contribution in [0.4, 0.5) is 10.1 Å². The largest absolute Gasteiger partial charge is 0.384 e. The van der Waals surface area contributed by atoms with Crippen LogP contribution in [0.5, 0.6) is 0 Å². The van der Waals surface area contributed by atoms with Crippen molar-refractivity contribution in [2.75, 3.05) is 25.1 Å². The molecule has 16 heavy (non-hydrogen) atoms. The third kappa shape index (κ3) is 1.69. The number of nitrogens with one attached hydrogen (secondary N) is 1. The average Bonchev–Trinajstić information content (AvgIpc) is 2.29. The lowest BCUT2D eigenvalue weighted by atomic mass is 9.73. The van der Waals surface area contributed by atoms with Crippen LogP contribution in [0, 0.1) is 11.2 Å². The predicted molar refractivity (Wildman–Crippen MR) is 61.1 cm³/mol. The van der Waals surface area contributed by atoms with E-state index in [0.29, 0.717) is 5.41 Å². The Labute approximate surface area is 94.8 Å². The summed E-state index contributed by atoms with van der Waals surface area (Å²) in [5.41, 5.74) is 2.51. The topological polar surface area (TPSA) is 21.3 Å². The summed E-state index contributed by atoms with van der Waals surface area (Å²) in [5.74, 6) is -0.135. The summed E-state index contributed by atoms with van der Waals surface area (Å²) in [5, 5.41) is 3.43. The van der Waals surface area contributed by atoms with Gasteiger partial charge in [-0.15, -0.1) is 0 Å². The van der Waals surface area contributed by atoms with Crippen LogP contribution in [-0.4, -0.2) is 19.8 Å². The van der Waals surface area contributed by atoms with Crippen LogP contribution in [0.1, 0.15) is 18.4 Å². The van der Waals surface area contributed by atoms with E-state index in [9.17, 15) is 4.39 Å². The van der Waals surface area contributed by atoms with E-state index >= 15 is 0 Å². The molecule has 0 saturated carbocycles. The fraction of sp³-hybridized carbons (Fsp3) is 0.538. The maximum Gasteiger partial charge on any atom is 0.123 e. The van der Waals surface area contributed by atoms with Crippen molar-refractivity contribution in [1.29, 1.82) is 0 Å². The van der Waals surface area contributed by atoms with Crippen molar-refractivity contribution in [3.63, 3.8) is 0 Å². The molecule has 2 nitrogen and oxygen atoms in total. The number of halogens is 1. The number of rotatable bonds is 0. The van der Waals surface area contributed by atoms with Crippen molar-refractivity contribution in [3.05, 3.63) is 29.6 Å². The molecule has 2 aliphatic rings. The van der Waals surface area contributed by atoms with Crippen LogP contribution in [0.2, 0.25) is 0 Å². The van der Waals surface area contributed by atoms with Gasteiger partial charge in [0.1, 0.15) is 5.82 Å². The van der Waals surface area contributed by atoms with Crippen molar-refractivity contribution in [2.24, 2.45) is 5.41 Å². The van der Waals surface area contributed by atoms with Crippen molar-refractivity contribution in [1.82, 2.24) is 0 Å². The normalized spacial score (nSPS) is 22.6. The minimum Gasteiger partial charge on any atom is -0.384 e. The van der Waals surface area contributed by atoms with E-state index in [4.69, 9.17) is 4.74 Å². The van der Waals surface area contributed by atoms with Gasteiger partial charge in [0.05, 0.1) is 0 Å². The van der Waals surface area contributed by atoms with Gasteiger partial charge in [0.15, 0.2) is 0 Å². The highest BCUT2D eigenvalue weighted by atomic mass is 19.1. The molecule has 1 spiro atoms. The second-order valence-corrected chi connectivity index (χ2v) is 4.94. The van der Waals surface area contributed by atoms with Crippen molar-refractivity contribution >= 4 is 5.69 Å². The third-order valence-electron chi connectivity index (χ3n) is 3.84. The predicted octanol–water partition coefficient (Wildman–Crippen LogP) is 2.59. The molecule has 2 heterocycles. The molecule has 1 aromatic rings. The Bertz CT molecular complexity index is 399. The molecule has 0 bridgehead atoms. The molecule has 1 fully saturated rings. The molecular formula is C13H16FNO. The van der Waals surface area contributed by atoms with E-state index in [2.05, 4.69) is 5.32 Å². The zero-order chi connectivity index (χ0) is 11.0. The van der Waals surface area contributed by atoms with Gasteiger partial charge in [0.25, 0.3) is 0 Å². The molecule has 2 aliphatic heterocycles. The van der Waals surface area contributed by atoms with Crippen molar-refractivity contribution < 1.29 is 9.13 Å². The van der Waals surface area contributed by atoms with E-state index in [1.54, 1.807) is 6.07 Å². The fourth-order valence-corrected chi connectivity index (χ4v) is 2.79. The first kappa shape index (κ1) is 10.1. The Morgan fingerprint density at radius 2 is 2.06 bits per heavy atom. The maximum absolute atomic E-state index is 13.2. The first-order valence-electron chi connectivity index (χ1n) is 5.88. The Morgan fingerprint density at radius 3 is 2.88 bits per heavy atom. The van der Waals surface area contributed by atoms with Gasteiger partial charge >= 0.3 is 0 Å². The summed E-state index contributed by atoms with van der Waals surface area (Å²) in [7, 11) is 0. The minimum absolute atomic E-state index is 0.135. The summed E-state index contributed by atoms with van der Waals surface area (Å²) < 4.78 is 18.6. The number of fused-ring (bicyclic) bond motifs is 1. The highest BCUT2D eigenvalue weighted by Crippen LogP contribution is 2.40. The van der Waals surface area contributed by atoms with Gasteiger partial charge in [-0.3, -0.25) is 0 Å². The molecule has 0 aliphatic carbocycles. The van der Waals surface area contributed by atoms with Crippen LogP contribution in [0.15, 0.2) is 18.2 Å². The number of ether oxygens (including phenoxy) is 1. The number of anilines is 1. The van der Waals surface area contributed by atoms with Crippen LogP contribution >= 0.6 is 0 Å². The van der Waals surface area contributed by atoms with Crippen LogP contribution in [0.3, 0.4) is 0 Å².